The first-order valence-electron chi connectivity index (χ1n) is 7.34. The lowest BCUT2D eigenvalue weighted by Gasteiger charge is -2.12. The molecule has 124 valence electrons. The summed E-state index contributed by atoms with van der Waals surface area (Å²) >= 11 is 0. The number of hydrogen-bond acceptors (Lipinski definition) is 5. The average Bonchev–Trinajstić information content (AvgIpc) is 2.61. The maximum Gasteiger partial charge on any atom is 0.162 e. The molecule has 0 saturated heterocycles. The van der Waals surface area contributed by atoms with E-state index in [1.807, 2.05) is 23.7 Å². The quantitative estimate of drug-likeness (QED) is 0.698. The highest BCUT2D eigenvalue weighted by Crippen LogP contribution is 2.33. The molecule has 3 aromatic rings. The number of nitrogens with one attached hydrogen (secondary N) is 1. The van der Waals surface area contributed by atoms with Crippen molar-refractivity contribution >= 4 is 16.6 Å². The van der Waals surface area contributed by atoms with Crippen LogP contribution in [0.2, 0.25) is 0 Å². The summed E-state index contributed by atoms with van der Waals surface area (Å²) in [5.41, 5.74) is 4.43. The zero-order chi connectivity index (χ0) is 17.1. The molecule has 24 heavy (non-hydrogen) atoms. The number of pyridine rings is 1. The summed E-state index contributed by atoms with van der Waals surface area (Å²) in [7, 11) is 3.16. The van der Waals surface area contributed by atoms with Gasteiger partial charge < -0.3 is 9.47 Å². The summed E-state index contributed by atoms with van der Waals surface area (Å²) < 4.78 is 24.5. The minimum Gasteiger partial charge on any atom is -0.493 e. The molecule has 0 aliphatic rings. The molecule has 0 amide bonds. The van der Waals surface area contributed by atoms with Gasteiger partial charge in [-0.15, -0.1) is 0 Å². The van der Waals surface area contributed by atoms with E-state index in [1.165, 1.54) is 12.1 Å². The smallest absolute Gasteiger partial charge is 0.162 e. The second-order valence-electron chi connectivity index (χ2n) is 5.30. The Balaban J connectivity index is 2.04. The van der Waals surface area contributed by atoms with Gasteiger partial charge in [-0.2, -0.15) is 0 Å². The Bertz CT molecular complexity index is 884. The van der Waals surface area contributed by atoms with Gasteiger partial charge in [-0.25, -0.2) is 4.39 Å². The normalized spacial score (nSPS) is 10.7. The van der Waals surface area contributed by atoms with Crippen molar-refractivity contribution in [3.05, 3.63) is 59.5 Å². The summed E-state index contributed by atoms with van der Waals surface area (Å²) in [6, 6.07) is 10.2. The van der Waals surface area contributed by atoms with Crippen LogP contribution in [-0.2, 0) is 6.42 Å². The molecule has 0 spiro atoms. The highest BCUT2D eigenvalue weighted by Gasteiger charge is 2.11. The molecule has 0 aliphatic carbocycles. The standard InChI is InChI=1S/C18H17FN2O3/c1-23-17-9-13-12(5-6-20-16(13)10-18(17)24-2)7-11-3-4-15(21-22)14(19)8-11/h3-6,8-10,21-22H,7H2,1-2H3. The minimum absolute atomic E-state index is 0.0461. The van der Waals surface area contributed by atoms with Gasteiger partial charge in [-0.1, -0.05) is 6.07 Å². The zero-order valence-corrected chi connectivity index (χ0v) is 13.3. The van der Waals surface area contributed by atoms with Crippen LogP contribution in [0.3, 0.4) is 0 Å². The van der Waals surface area contributed by atoms with Crippen LogP contribution in [0.4, 0.5) is 10.1 Å². The molecule has 0 fully saturated rings. The molecular formula is C18H17FN2O3. The topological polar surface area (TPSA) is 63.6 Å². The van der Waals surface area contributed by atoms with Crippen molar-refractivity contribution in [2.45, 2.75) is 6.42 Å². The molecule has 2 N–H and O–H groups in total. The largest absolute Gasteiger partial charge is 0.493 e. The molecular weight excluding hydrogens is 311 g/mol. The van der Waals surface area contributed by atoms with E-state index >= 15 is 0 Å². The summed E-state index contributed by atoms with van der Waals surface area (Å²) in [6.45, 7) is 0. The molecule has 1 heterocycles. The predicted molar refractivity (Wildman–Crippen MR) is 89.5 cm³/mol. The number of aromatic nitrogens is 1. The maximum absolute atomic E-state index is 13.8. The fourth-order valence-electron chi connectivity index (χ4n) is 2.66. The van der Waals surface area contributed by atoms with Crippen LogP contribution in [0.1, 0.15) is 11.1 Å². The highest BCUT2D eigenvalue weighted by molar-refractivity contribution is 5.86. The van der Waals surface area contributed by atoms with Crippen LogP contribution in [0.25, 0.3) is 10.9 Å². The van der Waals surface area contributed by atoms with Gasteiger partial charge >= 0.3 is 0 Å². The third-order valence-corrected chi connectivity index (χ3v) is 3.89. The van der Waals surface area contributed by atoms with Crippen molar-refractivity contribution in [3.8, 4) is 11.5 Å². The number of nitrogens with zero attached hydrogens (tertiary/aromatic N) is 1. The summed E-state index contributed by atoms with van der Waals surface area (Å²) in [6.07, 6.45) is 2.24. The van der Waals surface area contributed by atoms with Crippen LogP contribution in [0.15, 0.2) is 42.6 Å². The summed E-state index contributed by atoms with van der Waals surface area (Å²) in [5, 5.41) is 9.74. The van der Waals surface area contributed by atoms with Crippen molar-refractivity contribution in [2.75, 3.05) is 19.7 Å². The third-order valence-electron chi connectivity index (χ3n) is 3.89. The monoisotopic (exact) mass is 328 g/mol. The van der Waals surface area contributed by atoms with E-state index < -0.39 is 5.82 Å². The van der Waals surface area contributed by atoms with Crippen LogP contribution >= 0.6 is 0 Å². The van der Waals surface area contributed by atoms with Crippen LogP contribution in [-0.4, -0.2) is 24.4 Å². The Morgan fingerprint density at radius 3 is 2.50 bits per heavy atom. The van der Waals surface area contributed by atoms with E-state index in [0.29, 0.717) is 17.9 Å². The first-order chi connectivity index (χ1) is 11.7. The fourth-order valence-corrected chi connectivity index (χ4v) is 2.66. The fraction of sp³-hybridized carbons (Fsp3) is 0.167. The molecule has 5 nitrogen and oxygen atoms in total. The lowest BCUT2D eigenvalue weighted by molar-refractivity contribution is 0.356. The molecule has 0 bridgehead atoms. The molecule has 0 radical (unpaired) electrons. The van der Waals surface area contributed by atoms with Crippen molar-refractivity contribution in [3.63, 3.8) is 0 Å². The van der Waals surface area contributed by atoms with Crippen molar-refractivity contribution < 1.29 is 19.1 Å². The molecule has 0 aliphatic heterocycles. The number of benzene rings is 2. The number of fused-ring (bicyclic) bond motifs is 1. The SMILES string of the molecule is COc1cc2nccc(Cc3ccc(NO)c(F)c3)c2cc1OC. The van der Waals surface area contributed by atoms with Crippen LogP contribution < -0.4 is 15.0 Å². The molecule has 1 aromatic heterocycles. The second-order valence-corrected chi connectivity index (χ2v) is 5.30. The lowest BCUT2D eigenvalue weighted by Crippen LogP contribution is -1.97. The van der Waals surface area contributed by atoms with Gasteiger partial charge in [-0.05, 0) is 41.8 Å². The van der Waals surface area contributed by atoms with E-state index in [1.54, 1.807) is 26.5 Å². The number of halogens is 1. The number of ether oxygens (including phenoxy) is 2. The van der Waals surface area contributed by atoms with Gasteiger partial charge in [-0.3, -0.25) is 15.7 Å². The number of hydrogen-bond donors (Lipinski definition) is 2. The van der Waals surface area contributed by atoms with Crippen LogP contribution in [0.5, 0.6) is 11.5 Å². The molecule has 6 heteroatoms. The van der Waals surface area contributed by atoms with E-state index in [0.717, 1.165) is 22.0 Å². The van der Waals surface area contributed by atoms with Gasteiger partial charge in [0.2, 0.25) is 0 Å². The molecule has 3 rings (SSSR count). The lowest BCUT2D eigenvalue weighted by atomic mass is 10.0. The Morgan fingerprint density at radius 2 is 1.83 bits per heavy atom. The Labute approximate surface area is 138 Å². The Morgan fingerprint density at radius 1 is 1.08 bits per heavy atom. The van der Waals surface area contributed by atoms with Gasteiger partial charge in [0.05, 0.1) is 25.4 Å². The third kappa shape index (κ3) is 2.96. The van der Waals surface area contributed by atoms with E-state index in [-0.39, 0.29) is 5.69 Å². The summed E-state index contributed by atoms with van der Waals surface area (Å²) in [4.78, 5) is 4.36. The van der Waals surface area contributed by atoms with Gasteiger partial charge in [0.1, 0.15) is 5.82 Å². The first kappa shape index (κ1) is 16.0. The molecule has 0 saturated carbocycles. The second kappa shape index (κ2) is 6.72. The molecule has 2 aromatic carbocycles. The zero-order valence-electron chi connectivity index (χ0n) is 13.3. The van der Waals surface area contributed by atoms with Gasteiger partial charge in [0, 0.05) is 17.6 Å². The predicted octanol–water partition coefficient (Wildman–Crippen LogP) is 3.78. The summed E-state index contributed by atoms with van der Waals surface area (Å²) in [5.74, 6) is 0.719. The number of methoxy groups -OCH3 is 2. The number of anilines is 1. The van der Waals surface area contributed by atoms with E-state index in [2.05, 4.69) is 4.98 Å². The minimum atomic E-state index is -0.507. The van der Waals surface area contributed by atoms with E-state index in [4.69, 9.17) is 14.7 Å². The highest BCUT2D eigenvalue weighted by atomic mass is 19.1. The van der Waals surface area contributed by atoms with E-state index in [9.17, 15) is 4.39 Å². The maximum atomic E-state index is 13.8. The van der Waals surface area contributed by atoms with Gasteiger partial charge in [0.25, 0.3) is 0 Å². The van der Waals surface area contributed by atoms with Crippen molar-refractivity contribution in [2.24, 2.45) is 0 Å². The first-order valence-corrected chi connectivity index (χ1v) is 7.34. The van der Waals surface area contributed by atoms with Crippen molar-refractivity contribution in [1.82, 2.24) is 4.98 Å². The molecule has 0 unspecified atom stereocenters. The average molecular weight is 328 g/mol. The molecule has 0 atom stereocenters. The number of rotatable bonds is 5. The van der Waals surface area contributed by atoms with Crippen molar-refractivity contribution in [1.29, 1.82) is 0 Å². The van der Waals surface area contributed by atoms with Crippen LogP contribution in [0, 0.1) is 5.82 Å². The van der Waals surface area contributed by atoms with Gasteiger partial charge in [0.15, 0.2) is 11.5 Å². The Kier molecular flexibility index (Phi) is 4.48. The Hall–Kier alpha value is -2.86.